The summed E-state index contributed by atoms with van der Waals surface area (Å²) in [5.41, 5.74) is 0.555. The molecule has 10 nitrogen and oxygen atoms in total. The summed E-state index contributed by atoms with van der Waals surface area (Å²) in [6.45, 7) is 4.65. The number of carbonyl (C=O) groups is 2. The van der Waals surface area contributed by atoms with E-state index in [4.69, 9.17) is 5.26 Å². The van der Waals surface area contributed by atoms with Gasteiger partial charge in [0.2, 0.25) is 5.91 Å². The van der Waals surface area contributed by atoms with Gasteiger partial charge in [0.25, 0.3) is 0 Å². The molecule has 2 atom stereocenters. The van der Waals surface area contributed by atoms with Crippen molar-refractivity contribution in [3.63, 3.8) is 0 Å². The molecule has 0 unspecified atom stereocenters. The van der Waals surface area contributed by atoms with Crippen LogP contribution < -0.4 is 10.2 Å². The van der Waals surface area contributed by atoms with E-state index < -0.39 is 0 Å². The highest BCUT2D eigenvalue weighted by molar-refractivity contribution is 5.94. The van der Waals surface area contributed by atoms with Gasteiger partial charge in [0.15, 0.2) is 5.65 Å². The molecule has 1 N–H and O–H groups in total. The Hall–Kier alpha value is -3.19. The van der Waals surface area contributed by atoms with E-state index in [1.165, 1.54) is 10.9 Å². The molecule has 0 saturated carbocycles. The van der Waals surface area contributed by atoms with E-state index in [9.17, 15) is 9.59 Å². The van der Waals surface area contributed by atoms with Gasteiger partial charge in [-0.15, -0.1) is 0 Å². The Morgan fingerprint density at radius 1 is 1.35 bits per heavy atom. The summed E-state index contributed by atoms with van der Waals surface area (Å²) in [6.07, 6.45) is 3.95. The third-order valence-corrected chi connectivity index (χ3v) is 6.02. The van der Waals surface area contributed by atoms with Crippen LogP contribution in [0.4, 0.5) is 10.6 Å². The number of amides is 2. The standard InChI is InChI=1S/C21H30N8O2/c1-15-6-10-28(18(30)5-8-22)13-17(15)27(4)19-16-7-11-29(20(16)25-14-24-19)21(31)26(3)12-9-23-2/h7,11,14-15,17,23H,5-6,9-10,12-13H2,1-4H3/t15-,17+/m1/s1. The van der Waals surface area contributed by atoms with Crippen molar-refractivity contribution in [3.8, 4) is 6.07 Å². The zero-order valence-corrected chi connectivity index (χ0v) is 18.6. The Kier molecular flexibility index (Phi) is 7.07. The predicted molar refractivity (Wildman–Crippen MR) is 118 cm³/mol. The number of rotatable bonds is 6. The van der Waals surface area contributed by atoms with E-state index in [-0.39, 0.29) is 24.4 Å². The van der Waals surface area contributed by atoms with Crippen molar-refractivity contribution in [1.29, 1.82) is 5.26 Å². The lowest BCUT2D eigenvalue weighted by Gasteiger charge is -2.42. The number of nitriles is 1. The van der Waals surface area contributed by atoms with E-state index >= 15 is 0 Å². The predicted octanol–water partition coefficient (Wildman–Crippen LogP) is 1.14. The molecule has 3 heterocycles. The topological polar surface area (TPSA) is 110 Å². The minimum absolute atomic E-state index is 0.0480. The number of carbonyl (C=O) groups excluding carboxylic acids is 2. The number of likely N-dealkylation sites (N-methyl/N-ethyl adjacent to an activating group) is 3. The number of hydrogen-bond donors (Lipinski definition) is 1. The van der Waals surface area contributed by atoms with Crippen LogP contribution in [0.1, 0.15) is 19.8 Å². The Balaban J connectivity index is 1.87. The molecule has 0 aliphatic carbocycles. The van der Waals surface area contributed by atoms with Crippen LogP contribution in [0.25, 0.3) is 11.0 Å². The van der Waals surface area contributed by atoms with Gasteiger partial charge >= 0.3 is 6.03 Å². The molecular weight excluding hydrogens is 396 g/mol. The molecular formula is C21H30N8O2. The molecule has 1 aliphatic rings. The molecule has 3 rings (SSSR count). The zero-order chi connectivity index (χ0) is 22.5. The first-order valence-corrected chi connectivity index (χ1v) is 10.5. The maximum atomic E-state index is 12.9. The van der Waals surface area contributed by atoms with Gasteiger partial charge < -0.3 is 20.0 Å². The van der Waals surface area contributed by atoms with Gasteiger partial charge in [0, 0.05) is 46.5 Å². The minimum Gasteiger partial charge on any atom is -0.354 e. The first kappa shape index (κ1) is 22.5. The second-order valence-electron chi connectivity index (χ2n) is 8.05. The van der Waals surface area contributed by atoms with Crippen LogP contribution in [0, 0.1) is 17.2 Å². The maximum Gasteiger partial charge on any atom is 0.329 e. The van der Waals surface area contributed by atoms with Gasteiger partial charge in [-0.25, -0.2) is 14.8 Å². The van der Waals surface area contributed by atoms with Crippen molar-refractivity contribution in [2.75, 3.05) is 52.2 Å². The lowest BCUT2D eigenvalue weighted by Crippen LogP contribution is -2.52. The summed E-state index contributed by atoms with van der Waals surface area (Å²) in [5.74, 6) is 0.931. The highest BCUT2D eigenvalue weighted by Crippen LogP contribution is 2.29. The highest BCUT2D eigenvalue weighted by atomic mass is 16.2. The van der Waals surface area contributed by atoms with Crippen LogP contribution in [0.15, 0.2) is 18.6 Å². The van der Waals surface area contributed by atoms with E-state index in [2.05, 4.69) is 27.1 Å². The van der Waals surface area contributed by atoms with Crippen molar-refractivity contribution in [2.45, 2.75) is 25.8 Å². The van der Waals surface area contributed by atoms with Crippen LogP contribution in [0.5, 0.6) is 0 Å². The highest BCUT2D eigenvalue weighted by Gasteiger charge is 2.33. The lowest BCUT2D eigenvalue weighted by atomic mass is 9.92. The molecule has 166 valence electrons. The smallest absolute Gasteiger partial charge is 0.329 e. The SMILES string of the molecule is CNCCN(C)C(=O)n1ccc2c(N(C)[C@H]3CN(C(=O)CC#N)CC[C@H]3C)ncnc21. The maximum absolute atomic E-state index is 12.9. The van der Waals surface area contributed by atoms with Gasteiger partial charge in [0.05, 0.1) is 17.5 Å². The Morgan fingerprint density at radius 2 is 2.13 bits per heavy atom. The summed E-state index contributed by atoms with van der Waals surface area (Å²) in [5, 5.41) is 12.7. The van der Waals surface area contributed by atoms with Crippen molar-refractivity contribution in [3.05, 3.63) is 18.6 Å². The molecule has 2 aromatic heterocycles. The molecule has 1 saturated heterocycles. The first-order chi connectivity index (χ1) is 14.9. The monoisotopic (exact) mass is 426 g/mol. The average Bonchev–Trinajstić information content (AvgIpc) is 3.21. The van der Waals surface area contributed by atoms with Crippen molar-refractivity contribution >= 4 is 28.8 Å². The molecule has 1 aliphatic heterocycles. The van der Waals surface area contributed by atoms with Crippen LogP contribution in [0.3, 0.4) is 0 Å². The fraction of sp³-hybridized carbons (Fsp3) is 0.571. The lowest BCUT2D eigenvalue weighted by molar-refractivity contribution is -0.131. The van der Waals surface area contributed by atoms with E-state index in [1.807, 2.05) is 26.2 Å². The molecule has 0 bridgehead atoms. The van der Waals surface area contributed by atoms with E-state index in [0.29, 0.717) is 37.7 Å². The number of hydrogen-bond acceptors (Lipinski definition) is 7. The molecule has 31 heavy (non-hydrogen) atoms. The third-order valence-electron chi connectivity index (χ3n) is 6.02. The van der Waals surface area contributed by atoms with E-state index in [1.54, 1.807) is 23.0 Å². The van der Waals surface area contributed by atoms with Crippen LogP contribution in [0.2, 0.25) is 0 Å². The van der Waals surface area contributed by atoms with Crippen LogP contribution in [-0.2, 0) is 4.79 Å². The number of nitrogens with zero attached hydrogens (tertiary/aromatic N) is 7. The molecule has 10 heteroatoms. The summed E-state index contributed by atoms with van der Waals surface area (Å²) < 4.78 is 1.54. The molecule has 0 radical (unpaired) electrons. The average molecular weight is 427 g/mol. The van der Waals surface area contributed by atoms with Gasteiger partial charge in [-0.05, 0) is 25.5 Å². The van der Waals surface area contributed by atoms with Gasteiger partial charge in [-0.2, -0.15) is 5.26 Å². The van der Waals surface area contributed by atoms with Crippen molar-refractivity contribution in [1.82, 2.24) is 29.7 Å². The molecule has 2 aromatic rings. The van der Waals surface area contributed by atoms with Crippen molar-refractivity contribution in [2.24, 2.45) is 5.92 Å². The number of nitrogens with one attached hydrogen (secondary N) is 1. The Bertz CT molecular complexity index is 981. The largest absolute Gasteiger partial charge is 0.354 e. The normalized spacial score (nSPS) is 18.6. The molecule has 1 fully saturated rings. The second kappa shape index (κ2) is 9.75. The zero-order valence-electron chi connectivity index (χ0n) is 18.6. The summed E-state index contributed by atoms with van der Waals surface area (Å²) in [7, 11) is 5.57. The number of anilines is 1. The van der Waals surface area contributed by atoms with E-state index in [0.717, 1.165) is 17.6 Å². The fourth-order valence-corrected chi connectivity index (χ4v) is 4.05. The Morgan fingerprint density at radius 3 is 2.84 bits per heavy atom. The number of likely N-dealkylation sites (tertiary alicyclic amines) is 1. The molecule has 0 spiro atoms. The third kappa shape index (κ3) is 4.61. The van der Waals surface area contributed by atoms with Crippen LogP contribution in [-0.4, -0.2) is 89.6 Å². The molecule has 2 amide bonds. The second-order valence-corrected chi connectivity index (χ2v) is 8.05. The summed E-state index contributed by atoms with van der Waals surface area (Å²) >= 11 is 0. The quantitative estimate of drug-likeness (QED) is 0.737. The fourth-order valence-electron chi connectivity index (χ4n) is 4.05. The first-order valence-electron chi connectivity index (χ1n) is 10.5. The van der Waals surface area contributed by atoms with Crippen molar-refractivity contribution < 1.29 is 9.59 Å². The number of fused-ring (bicyclic) bond motifs is 1. The minimum atomic E-state index is -0.156. The van der Waals surface area contributed by atoms with Gasteiger partial charge in [-0.1, -0.05) is 6.92 Å². The number of piperidine rings is 1. The van der Waals surface area contributed by atoms with Gasteiger partial charge in [0.1, 0.15) is 18.6 Å². The van der Waals surface area contributed by atoms with Gasteiger partial charge in [-0.3, -0.25) is 9.36 Å². The summed E-state index contributed by atoms with van der Waals surface area (Å²) in [6, 6.07) is 3.69. The Labute approximate surface area is 182 Å². The number of aromatic nitrogens is 3. The molecule has 0 aromatic carbocycles. The van der Waals surface area contributed by atoms with Crippen LogP contribution >= 0.6 is 0 Å². The summed E-state index contributed by atoms with van der Waals surface area (Å²) in [4.78, 5) is 39.4.